The molecule has 342 valence electrons. The molecule has 0 amide bonds. The van der Waals surface area contributed by atoms with Crippen molar-refractivity contribution in [2.45, 2.75) is 99.9 Å². The highest BCUT2D eigenvalue weighted by Gasteiger charge is 2.57. The van der Waals surface area contributed by atoms with E-state index in [1.807, 2.05) is 25.5 Å². The summed E-state index contributed by atoms with van der Waals surface area (Å²) in [5.41, 5.74) is -0.424. The highest BCUT2D eigenvalue weighted by molar-refractivity contribution is 7.98. The first-order valence-corrected chi connectivity index (χ1v) is 22.7. The summed E-state index contributed by atoms with van der Waals surface area (Å²) >= 11 is 2.96. The Labute approximate surface area is 379 Å². The molecule has 3 saturated heterocycles. The summed E-state index contributed by atoms with van der Waals surface area (Å²) in [6.45, 7) is 8.50. The van der Waals surface area contributed by atoms with Crippen LogP contribution in [0.3, 0.4) is 0 Å². The average molecular weight is 930 g/mol. The summed E-state index contributed by atoms with van der Waals surface area (Å²) in [6, 6.07) is 6.61. The largest absolute Gasteiger partial charge is 0.394 e. The minimum Gasteiger partial charge on any atom is -0.394 e. The fraction of sp³-hybridized carbons (Fsp3) is 0.550. The van der Waals surface area contributed by atoms with Crippen LogP contribution in [0.25, 0.3) is 16.9 Å². The first-order valence-electron chi connectivity index (χ1n) is 20.3. The Morgan fingerprint density at radius 2 is 1.08 bits per heavy atom. The summed E-state index contributed by atoms with van der Waals surface area (Å²) in [4.78, 5) is 35.1. The van der Waals surface area contributed by atoms with Crippen LogP contribution in [0.4, 0.5) is 0 Å². The number of hydrogen-bond acceptors (Lipinski definition) is 21. The molecule has 6 aromatic heterocycles. The third-order valence-corrected chi connectivity index (χ3v) is 14.0. The van der Waals surface area contributed by atoms with Crippen molar-refractivity contribution in [1.82, 2.24) is 58.7 Å². The highest BCUT2D eigenvalue weighted by Crippen LogP contribution is 2.52. The number of aromatic amines is 1. The number of aromatic nitrogens is 12. The maximum atomic E-state index is 11.6. The fourth-order valence-electron chi connectivity index (χ4n) is 8.50. The van der Waals surface area contributed by atoms with E-state index in [-0.39, 0.29) is 30.4 Å². The molecule has 0 aromatic carbocycles. The van der Waals surface area contributed by atoms with Crippen molar-refractivity contribution in [3.8, 4) is 18.2 Å². The zero-order chi connectivity index (χ0) is 47.0. The van der Waals surface area contributed by atoms with Gasteiger partial charge < -0.3 is 39.6 Å². The second kappa shape index (κ2) is 18.7. The number of nitrogens with one attached hydrogen (secondary N) is 1. The third-order valence-electron chi connectivity index (χ3n) is 12.6. The van der Waals surface area contributed by atoms with Gasteiger partial charge in [0.2, 0.25) is 5.65 Å². The molecule has 12 atom stereocenters. The number of nitrogens with zero attached hydrogens (tertiary/aromatic N) is 14. The monoisotopic (exact) mass is 929 g/mol. The molecule has 9 rings (SSSR count). The second-order valence-corrected chi connectivity index (χ2v) is 17.8. The van der Waals surface area contributed by atoms with E-state index in [0.29, 0.717) is 27.7 Å². The van der Waals surface area contributed by atoms with E-state index in [9.17, 15) is 41.0 Å². The van der Waals surface area contributed by atoms with Crippen LogP contribution in [-0.4, -0.2) is 135 Å². The number of hydrogen-bond donors (Lipinski definition) is 5. The highest BCUT2D eigenvalue weighted by atomic mass is 32.2. The Balaban J connectivity index is 0.000000145. The molecular formula is C40H47N15O8S2. The summed E-state index contributed by atoms with van der Waals surface area (Å²) in [7, 11) is 0. The molecule has 0 spiro atoms. The molecule has 0 radical (unpaired) electrons. The van der Waals surface area contributed by atoms with Gasteiger partial charge in [0.1, 0.15) is 82.6 Å². The molecule has 25 heteroatoms. The van der Waals surface area contributed by atoms with Crippen molar-refractivity contribution in [2.24, 2.45) is 22.2 Å². The Kier molecular flexibility index (Phi) is 13.6. The minimum atomic E-state index is -1.28. The van der Waals surface area contributed by atoms with Crippen LogP contribution in [0.15, 0.2) is 52.4 Å². The predicted molar refractivity (Wildman–Crippen MR) is 228 cm³/mol. The lowest BCUT2D eigenvalue weighted by molar-refractivity contribution is -0.0241. The lowest BCUT2D eigenvalue weighted by atomic mass is 9.74. The minimum absolute atomic E-state index is 0.0679. The van der Waals surface area contributed by atoms with E-state index in [1.165, 1.54) is 60.1 Å². The molecule has 3 aliphatic heterocycles. The lowest BCUT2D eigenvalue weighted by Gasteiger charge is -2.25. The number of ether oxygens (including phenoxy) is 3. The van der Waals surface area contributed by atoms with Gasteiger partial charge in [0, 0.05) is 5.92 Å². The van der Waals surface area contributed by atoms with E-state index >= 15 is 0 Å². The maximum absolute atomic E-state index is 11.6. The third kappa shape index (κ3) is 7.77. The van der Waals surface area contributed by atoms with Gasteiger partial charge in [-0.3, -0.25) is 4.79 Å². The quantitative estimate of drug-likeness (QED) is 0.136. The molecule has 0 unspecified atom stereocenters. The summed E-state index contributed by atoms with van der Waals surface area (Å²) in [6.07, 6.45) is 7.73. The van der Waals surface area contributed by atoms with Gasteiger partial charge in [0.25, 0.3) is 5.56 Å². The molecule has 5 N–H and O–H groups in total. The second-order valence-electron chi connectivity index (χ2n) is 16.2. The van der Waals surface area contributed by atoms with Gasteiger partial charge in [0.05, 0.1) is 78.6 Å². The van der Waals surface area contributed by atoms with Gasteiger partial charge in [-0.25, -0.2) is 38.5 Å². The van der Waals surface area contributed by atoms with Crippen LogP contribution in [0.2, 0.25) is 0 Å². The molecular weight excluding hydrogens is 883 g/mol. The van der Waals surface area contributed by atoms with Crippen molar-refractivity contribution in [3.05, 3.63) is 65.0 Å². The molecule has 0 bridgehead atoms. The van der Waals surface area contributed by atoms with E-state index in [0.717, 1.165) is 17.1 Å². The van der Waals surface area contributed by atoms with Gasteiger partial charge >= 0.3 is 0 Å². The Bertz CT molecular complexity index is 2750. The number of fused-ring (bicyclic) bond motifs is 3. The number of aliphatic hydroxyl groups excluding tert-OH is 4. The van der Waals surface area contributed by atoms with E-state index in [2.05, 4.69) is 71.2 Å². The van der Waals surface area contributed by atoms with Crippen molar-refractivity contribution < 1.29 is 34.6 Å². The summed E-state index contributed by atoms with van der Waals surface area (Å²) in [5, 5.41) is 81.7. The summed E-state index contributed by atoms with van der Waals surface area (Å²) < 4.78 is 22.1. The Morgan fingerprint density at radius 1 is 0.677 bits per heavy atom. The molecule has 65 heavy (non-hydrogen) atoms. The molecule has 23 nitrogen and oxygen atoms in total. The molecule has 0 saturated carbocycles. The number of imidazole rings is 3. The van der Waals surface area contributed by atoms with E-state index in [1.54, 1.807) is 28.3 Å². The van der Waals surface area contributed by atoms with Crippen LogP contribution in [-0.2, 0) is 14.2 Å². The van der Waals surface area contributed by atoms with Crippen molar-refractivity contribution in [1.29, 1.82) is 15.8 Å². The SMILES string of the molecule is CC[C@H]1O[C@@H](c2cnc3c(SC)ncnn23)[C@](C)(C#N)[C@@H]1C.CSc1ncnn2c([C@@H]3O[C@H](CO)[C@@H](O)[C@@]3(C)C#N)cnc12.C[C@@]1(C#N)[C@H](O)[C@@H](CO)O[C@H]1c1cnc2c(=O)[nH]cnn12. The van der Waals surface area contributed by atoms with Crippen molar-refractivity contribution >= 4 is 40.5 Å². The van der Waals surface area contributed by atoms with Crippen molar-refractivity contribution in [3.63, 3.8) is 0 Å². The molecule has 3 aliphatic rings. The topological polar surface area (TPSA) is 329 Å². The van der Waals surface area contributed by atoms with Crippen molar-refractivity contribution in [2.75, 3.05) is 25.7 Å². The van der Waals surface area contributed by atoms with Crippen LogP contribution < -0.4 is 5.56 Å². The Hall–Kier alpha value is -5.66. The maximum Gasteiger partial charge on any atom is 0.294 e. The van der Waals surface area contributed by atoms with E-state index in [4.69, 9.17) is 14.2 Å². The number of nitriles is 3. The van der Waals surface area contributed by atoms with Crippen LogP contribution >= 0.6 is 23.5 Å². The number of aliphatic hydroxyl groups is 4. The zero-order valence-corrected chi connectivity index (χ0v) is 37.9. The van der Waals surface area contributed by atoms with E-state index < -0.39 is 65.0 Å². The van der Waals surface area contributed by atoms with Crippen LogP contribution in [0.5, 0.6) is 0 Å². The lowest BCUT2D eigenvalue weighted by Crippen LogP contribution is -2.36. The normalized spacial score (nSPS) is 31.8. The Morgan fingerprint density at radius 3 is 1.48 bits per heavy atom. The first kappa shape index (κ1) is 47.3. The first-order chi connectivity index (χ1) is 31.1. The summed E-state index contributed by atoms with van der Waals surface area (Å²) in [5.74, 6) is 0.153. The van der Waals surface area contributed by atoms with Crippen LogP contribution in [0, 0.1) is 56.2 Å². The van der Waals surface area contributed by atoms with Gasteiger partial charge in [-0.15, -0.1) is 23.5 Å². The number of rotatable bonds is 8. The van der Waals surface area contributed by atoms with Crippen LogP contribution in [0.1, 0.15) is 76.4 Å². The molecule has 6 aromatic rings. The molecule has 9 heterocycles. The zero-order valence-electron chi connectivity index (χ0n) is 36.3. The van der Waals surface area contributed by atoms with Gasteiger partial charge in [-0.1, -0.05) is 13.8 Å². The average Bonchev–Trinajstić information content (AvgIpc) is 4.19. The number of H-pyrrole nitrogens is 1. The van der Waals surface area contributed by atoms with Gasteiger partial charge in [0.15, 0.2) is 11.3 Å². The van der Waals surface area contributed by atoms with Gasteiger partial charge in [-0.05, 0) is 39.7 Å². The standard InChI is InChI=1S/C15H19N5OS.C13H15N5O3S.C12H13N5O4/c1-5-11-9(2)15(3,7-16)12(21-11)10-6-17-13-14(22-4)18-8-19-20(10)13;1-13(5-14)9(20)8(4-19)21-10(13)7-3-15-11-12(22-2)16-6-17-18(7)11;1-12(4-13)8(19)7(3-18)21-9(12)6-2-14-10-11(20)15-5-16-17(6)10/h6,8-9,11-12H,5H2,1-4H3;3,6,8-10,19-20H,4H2,1-2H3;2,5,7-9,18-19H,3H2,1H3,(H,15,16,20)/t9-,11-,12+,15-;8-,9-,10+,13-;7-,8-,9+,12-/m111/s1. The van der Waals surface area contributed by atoms with Gasteiger partial charge in [-0.2, -0.15) is 31.1 Å². The fourth-order valence-corrected chi connectivity index (χ4v) is 9.44. The molecule has 0 aliphatic carbocycles. The number of thioether (sulfide) groups is 2. The smallest absolute Gasteiger partial charge is 0.294 e. The molecule has 3 fully saturated rings. The predicted octanol–water partition coefficient (Wildman–Crippen LogP) is 1.77.